The SMILES string of the molecule is CCCCOc1ccc(OCC2CCC(c3ccc(-c4ccc(OCC)c(F)c4F)c(F)c3F)CC2)c(F)c1F. The number of hydrogen-bond acceptors (Lipinski definition) is 3. The lowest BCUT2D eigenvalue weighted by Crippen LogP contribution is -2.20. The van der Waals surface area contributed by atoms with Crippen molar-refractivity contribution in [1.29, 1.82) is 0 Å². The van der Waals surface area contributed by atoms with E-state index in [-0.39, 0.29) is 53.4 Å². The van der Waals surface area contributed by atoms with Gasteiger partial charge in [-0.25, -0.2) is 13.2 Å². The first-order valence-electron chi connectivity index (χ1n) is 13.6. The number of halogens is 6. The zero-order valence-corrected chi connectivity index (χ0v) is 22.5. The lowest BCUT2D eigenvalue weighted by Gasteiger charge is -2.29. The smallest absolute Gasteiger partial charge is 0.204 e. The van der Waals surface area contributed by atoms with Gasteiger partial charge in [0.1, 0.15) is 0 Å². The van der Waals surface area contributed by atoms with Gasteiger partial charge in [-0.3, -0.25) is 0 Å². The van der Waals surface area contributed by atoms with Gasteiger partial charge >= 0.3 is 0 Å². The molecule has 3 aromatic rings. The molecule has 0 atom stereocenters. The van der Waals surface area contributed by atoms with Crippen LogP contribution in [-0.2, 0) is 0 Å². The quantitative estimate of drug-likeness (QED) is 0.171. The molecule has 0 aromatic heterocycles. The molecule has 0 amide bonds. The van der Waals surface area contributed by atoms with Crippen LogP contribution in [0.2, 0.25) is 0 Å². The van der Waals surface area contributed by atoms with Crippen LogP contribution >= 0.6 is 0 Å². The summed E-state index contributed by atoms with van der Waals surface area (Å²) in [6.45, 7) is 4.15. The summed E-state index contributed by atoms with van der Waals surface area (Å²) in [4.78, 5) is 0. The molecule has 1 fully saturated rings. The van der Waals surface area contributed by atoms with Gasteiger partial charge in [0, 0.05) is 11.1 Å². The van der Waals surface area contributed by atoms with Crippen molar-refractivity contribution in [3.05, 3.63) is 76.9 Å². The van der Waals surface area contributed by atoms with E-state index < -0.39 is 40.5 Å². The Labute approximate surface area is 230 Å². The average molecular weight is 567 g/mol. The maximum absolute atomic E-state index is 15.1. The van der Waals surface area contributed by atoms with E-state index in [9.17, 15) is 17.6 Å². The third kappa shape index (κ3) is 6.34. The zero-order chi connectivity index (χ0) is 28.8. The Morgan fingerprint density at radius 3 is 1.75 bits per heavy atom. The van der Waals surface area contributed by atoms with Crippen LogP contribution in [0, 0.1) is 40.8 Å². The van der Waals surface area contributed by atoms with E-state index >= 15 is 8.78 Å². The first-order valence-corrected chi connectivity index (χ1v) is 13.6. The van der Waals surface area contributed by atoms with Crippen LogP contribution in [0.4, 0.5) is 26.3 Å². The van der Waals surface area contributed by atoms with Crippen molar-refractivity contribution in [1.82, 2.24) is 0 Å². The predicted octanol–water partition coefficient (Wildman–Crippen LogP) is 9.12. The Balaban J connectivity index is 1.38. The fourth-order valence-corrected chi connectivity index (χ4v) is 5.01. The van der Waals surface area contributed by atoms with E-state index in [0.717, 1.165) is 18.9 Å². The Morgan fingerprint density at radius 1 is 0.600 bits per heavy atom. The van der Waals surface area contributed by atoms with Crippen molar-refractivity contribution in [2.75, 3.05) is 19.8 Å². The highest BCUT2D eigenvalue weighted by Crippen LogP contribution is 2.40. The van der Waals surface area contributed by atoms with Gasteiger partial charge in [0.25, 0.3) is 0 Å². The van der Waals surface area contributed by atoms with Crippen LogP contribution in [0.3, 0.4) is 0 Å². The van der Waals surface area contributed by atoms with Crippen LogP contribution in [-0.4, -0.2) is 19.8 Å². The Hall–Kier alpha value is -3.36. The average Bonchev–Trinajstić information content (AvgIpc) is 2.96. The predicted molar refractivity (Wildman–Crippen MR) is 140 cm³/mol. The molecule has 0 bridgehead atoms. The molecule has 0 radical (unpaired) electrons. The van der Waals surface area contributed by atoms with Gasteiger partial charge in [-0.1, -0.05) is 25.5 Å². The second kappa shape index (κ2) is 13.3. The van der Waals surface area contributed by atoms with Gasteiger partial charge in [-0.15, -0.1) is 0 Å². The standard InChI is InChI=1S/C31H32F6O3/c1-3-5-16-39-24-14-15-25(31(37)30(24)36)40-17-18-6-8-19(9-7-18)20-10-11-21(27(33)26(20)32)22-12-13-23(38-4-2)29(35)28(22)34/h10-15,18-19H,3-9,16-17H2,1-2H3. The Kier molecular flexibility index (Phi) is 9.87. The molecule has 0 aliphatic heterocycles. The summed E-state index contributed by atoms with van der Waals surface area (Å²) >= 11 is 0. The molecule has 0 unspecified atom stereocenters. The summed E-state index contributed by atoms with van der Waals surface area (Å²) in [5.74, 6) is -8.04. The van der Waals surface area contributed by atoms with Crippen molar-refractivity contribution in [3.8, 4) is 28.4 Å². The maximum Gasteiger partial charge on any atom is 0.204 e. The van der Waals surface area contributed by atoms with Crippen LogP contribution in [0.25, 0.3) is 11.1 Å². The van der Waals surface area contributed by atoms with Crippen LogP contribution in [0.1, 0.15) is 63.9 Å². The van der Waals surface area contributed by atoms with E-state index in [4.69, 9.17) is 14.2 Å². The minimum atomic E-state index is -1.31. The molecule has 0 spiro atoms. The molecule has 3 nitrogen and oxygen atoms in total. The van der Waals surface area contributed by atoms with Crippen molar-refractivity contribution in [3.63, 3.8) is 0 Å². The number of rotatable bonds is 11. The second-order valence-corrected chi connectivity index (χ2v) is 9.92. The lowest BCUT2D eigenvalue weighted by atomic mass is 9.78. The van der Waals surface area contributed by atoms with Crippen LogP contribution in [0.15, 0.2) is 36.4 Å². The topological polar surface area (TPSA) is 27.7 Å². The normalized spacial score (nSPS) is 17.1. The molecule has 3 aromatic carbocycles. The highest BCUT2D eigenvalue weighted by Gasteiger charge is 2.28. The molecule has 0 saturated heterocycles. The minimum Gasteiger partial charge on any atom is -0.491 e. The Morgan fingerprint density at radius 2 is 1.12 bits per heavy atom. The molecule has 1 saturated carbocycles. The molecule has 0 N–H and O–H groups in total. The summed E-state index contributed by atoms with van der Waals surface area (Å²) in [5.41, 5.74) is -0.605. The number of ether oxygens (including phenoxy) is 3. The first-order chi connectivity index (χ1) is 19.3. The van der Waals surface area contributed by atoms with E-state index in [1.54, 1.807) is 6.92 Å². The highest BCUT2D eigenvalue weighted by atomic mass is 19.2. The van der Waals surface area contributed by atoms with E-state index in [2.05, 4.69) is 0 Å². The molecular formula is C31H32F6O3. The Bertz CT molecular complexity index is 1320. The minimum absolute atomic E-state index is 0.0206. The molecule has 4 rings (SSSR count). The van der Waals surface area contributed by atoms with Crippen molar-refractivity contribution < 1.29 is 40.6 Å². The molecule has 9 heteroatoms. The molecule has 1 aliphatic carbocycles. The number of benzene rings is 3. The third-order valence-corrected chi connectivity index (χ3v) is 7.28. The fourth-order valence-electron chi connectivity index (χ4n) is 5.01. The monoisotopic (exact) mass is 566 g/mol. The first kappa shape index (κ1) is 29.6. The summed E-state index contributed by atoms with van der Waals surface area (Å²) in [7, 11) is 0. The highest BCUT2D eigenvalue weighted by molar-refractivity contribution is 5.66. The van der Waals surface area contributed by atoms with Crippen LogP contribution in [0.5, 0.6) is 17.2 Å². The summed E-state index contributed by atoms with van der Waals surface area (Å²) < 4.78 is 104. The van der Waals surface area contributed by atoms with Gasteiger partial charge in [-0.2, -0.15) is 13.2 Å². The summed E-state index contributed by atoms with van der Waals surface area (Å²) in [5, 5.41) is 0. The zero-order valence-electron chi connectivity index (χ0n) is 22.5. The molecule has 1 aliphatic rings. The molecule has 216 valence electrons. The van der Waals surface area contributed by atoms with Gasteiger partial charge in [-0.05, 0) is 80.7 Å². The van der Waals surface area contributed by atoms with E-state index in [1.807, 2.05) is 6.92 Å². The molecule has 0 heterocycles. The lowest BCUT2D eigenvalue weighted by molar-refractivity contribution is 0.190. The van der Waals surface area contributed by atoms with Gasteiger partial charge in [0.05, 0.1) is 19.8 Å². The third-order valence-electron chi connectivity index (χ3n) is 7.28. The van der Waals surface area contributed by atoms with Gasteiger partial charge in [0.2, 0.25) is 17.5 Å². The molecular weight excluding hydrogens is 534 g/mol. The summed E-state index contributed by atoms with van der Waals surface area (Å²) in [6, 6.07) is 7.69. The fraction of sp³-hybridized carbons (Fsp3) is 0.419. The van der Waals surface area contributed by atoms with Crippen LogP contribution < -0.4 is 14.2 Å². The van der Waals surface area contributed by atoms with Gasteiger partial charge in [0.15, 0.2) is 34.7 Å². The largest absolute Gasteiger partial charge is 0.491 e. The van der Waals surface area contributed by atoms with Crippen molar-refractivity contribution >= 4 is 0 Å². The van der Waals surface area contributed by atoms with Crippen molar-refractivity contribution in [2.45, 2.75) is 58.3 Å². The molecule has 40 heavy (non-hydrogen) atoms. The van der Waals surface area contributed by atoms with E-state index in [0.29, 0.717) is 32.3 Å². The number of hydrogen-bond donors (Lipinski definition) is 0. The van der Waals surface area contributed by atoms with Crippen molar-refractivity contribution in [2.24, 2.45) is 5.92 Å². The summed E-state index contributed by atoms with van der Waals surface area (Å²) in [6.07, 6.45) is 3.85. The number of unbranched alkanes of at least 4 members (excludes halogenated alkanes) is 1. The maximum atomic E-state index is 15.1. The van der Waals surface area contributed by atoms with Gasteiger partial charge < -0.3 is 14.2 Å². The van der Waals surface area contributed by atoms with E-state index in [1.165, 1.54) is 30.3 Å². The second-order valence-electron chi connectivity index (χ2n) is 9.92.